The first-order valence-corrected chi connectivity index (χ1v) is 12.5. The third kappa shape index (κ3) is 7.31. The molecule has 30 heavy (non-hydrogen) atoms. The standard InChI is InChI=1S/C11H19N2O14P3/c1-6-3-13(11(16)12-10(6)15)7-2-8(14)9(24-4-7)5-25-29(20,21)27-30(22,23)26-28(17,18)19/h3,7-9,14H,2,4-5H2,1H3,(H,20,21)(H,22,23)(H,12,15,16)(H2,17,18,19)/t7-,8-,9+/m0/s1. The van der Waals surface area contributed by atoms with Gasteiger partial charge in [-0.2, -0.15) is 8.62 Å². The smallest absolute Gasteiger partial charge is 0.390 e. The second-order valence-electron chi connectivity index (χ2n) is 6.19. The monoisotopic (exact) mass is 496 g/mol. The number of phosphoric acid groups is 3. The van der Waals surface area contributed by atoms with Gasteiger partial charge >= 0.3 is 29.2 Å². The Balaban J connectivity index is 1.97. The largest absolute Gasteiger partial charge is 0.490 e. The number of aromatic nitrogens is 2. The predicted octanol–water partition coefficient (Wildman–Crippen LogP) is -1.12. The van der Waals surface area contributed by atoms with Crippen molar-refractivity contribution in [3.63, 3.8) is 0 Å². The van der Waals surface area contributed by atoms with E-state index in [0.717, 1.165) is 4.57 Å². The Bertz CT molecular complexity index is 1030. The Hall–Kier alpha value is -0.990. The lowest BCUT2D eigenvalue weighted by atomic mass is 10.0. The topological polar surface area (TPSA) is 244 Å². The maximum atomic E-state index is 11.9. The minimum absolute atomic E-state index is 0.0736. The molecule has 0 bridgehead atoms. The van der Waals surface area contributed by atoms with Gasteiger partial charge in [0.2, 0.25) is 0 Å². The van der Waals surface area contributed by atoms with Gasteiger partial charge in [-0.25, -0.2) is 18.5 Å². The Morgan fingerprint density at radius 2 is 1.80 bits per heavy atom. The van der Waals surface area contributed by atoms with E-state index in [0.29, 0.717) is 0 Å². The maximum absolute atomic E-state index is 11.9. The van der Waals surface area contributed by atoms with Crippen LogP contribution >= 0.6 is 23.5 Å². The fourth-order valence-electron chi connectivity index (χ4n) is 2.53. The highest BCUT2D eigenvalue weighted by Gasteiger charge is 2.42. The molecule has 1 aromatic rings. The first-order valence-electron chi connectivity index (χ1n) is 7.99. The molecule has 0 aromatic carbocycles. The van der Waals surface area contributed by atoms with E-state index >= 15 is 0 Å². The summed E-state index contributed by atoms with van der Waals surface area (Å²) < 4.78 is 51.5. The van der Waals surface area contributed by atoms with E-state index in [4.69, 9.17) is 19.4 Å². The molecule has 6 N–H and O–H groups in total. The van der Waals surface area contributed by atoms with Gasteiger partial charge in [0.1, 0.15) is 6.10 Å². The lowest BCUT2D eigenvalue weighted by Crippen LogP contribution is -2.45. The van der Waals surface area contributed by atoms with Crippen molar-refractivity contribution in [2.75, 3.05) is 13.2 Å². The molecule has 16 nitrogen and oxygen atoms in total. The van der Waals surface area contributed by atoms with Gasteiger partial charge in [-0.1, -0.05) is 0 Å². The van der Waals surface area contributed by atoms with E-state index in [1.807, 2.05) is 0 Å². The number of hydrogen-bond donors (Lipinski definition) is 6. The second kappa shape index (κ2) is 9.25. The first kappa shape index (κ1) is 25.3. The summed E-state index contributed by atoms with van der Waals surface area (Å²) in [6, 6.07) is -0.675. The third-order valence-electron chi connectivity index (χ3n) is 3.80. The SMILES string of the molecule is Cc1cn([C@@H]2CO[C@H](COP(=O)(O)OP(=O)(O)OP(=O)(O)O)[C@@H](O)C2)c(=O)[nH]c1=O. The maximum Gasteiger partial charge on any atom is 0.490 e. The van der Waals surface area contributed by atoms with E-state index in [1.165, 1.54) is 13.1 Å². The predicted molar refractivity (Wildman–Crippen MR) is 95.3 cm³/mol. The molecule has 19 heteroatoms. The molecule has 1 aromatic heterocycles. The molecule has 2 heterocycles. The second-order valence-corrected chi connectivity index (χ2v) is 10.6. The zero-order valence-corrected chi connectivity index (χ0v) is 17.8. The first-order chi connectivity index (χ1) is 13.6. The van der Waals surface area contributed by atoms with E-state index in [9.17, 15) is 33.3 Å². The molecule has 2 unspecified atom stereocenters. The Morgan fingerprint density at radius 1 is 1.17 bits per heavy atom. The summed E-state index contributed by atoms with van der Waals surface area (Å²) in [5.74, 6) is 0. The van der Waals surface area contributed by atoms with E-state index in [2.05, 4.69) is 18.1 Å². The molecule has 1 aliphatic heterocycles. The molecular weight excluding hydrogens is 477 g/mol. The van der Waals surface area contributed by atoms with Crippen LogP contribution in [0.15, 0.2) is 15.8 Å². The number of aromatic amines is 1. The number of H-pyrrole nitrogens is 1. The lowest BCUT2D eigenvalue weighted by molar-refractivity contribution is -0.111. The number of nitrogens with zero attached hydrogens (tertiary/aromatic N) is 1. The summed E-state index contributed by atoms with van der Waals surface area (Å²) in [7, 11) is -16.5. The molecule has 1 saturated heterocycles. The number of ether oxygens (including phenoxy) is 1. The van der Waals surface area contributed by atoms with Crippen LogP contribution in [0.3, 0.4) is 0 Å². The summed E-state index contributed by atoms with van der Waals surface area (Å²) in [4.78, 5) is 60.8. The van der Waals surface area contributed by atoms with Crippen LogP contribution in [0.5, 0.6) is 0 Å². The van der Waals surface area contributed by atoms with E-state index in [1.54, 1.807) is 0 Å². The zero-order valence-electron chi connectivity index (χ0n) is 15.1. The number of hydrogen-bond acceptors (Lipinski definition) is 10. The molecule has 1 fully saturated rings. The molecule has 0 spiro atoms. The van der Waals surface area contributed by atoms with Crippen molar-refractivity contribution in [1.29, 1.82) is 0 Å². The summed E-state index contributed by atoms with van der Waals surface area (Å²) >= 11 is 0. The van der Waals surface area contributed by atoms with Crippen LogP contribution in [0.25, 0.3) is 0 Å². The van der Waals surface area contributed by atoms with Crippen molar-refractivity contribution in [3.8, 4) is 0 Å². The molecule has 0 radical (unpaired) electrons. The van der Waals surface area contributed by atoms with Gasteiger partial charge in [-0.15, -0.1) is 0 Å². The van der Waals surface area contributed by atoms with Gasteiger partial charge in [0, 0.05) is 11.8 Å². The fourth-order valence-corrected chi connectivity index (χ4v) is 5.56. The summed E-state index contributed by atoms with van der Waals surface area (Å²) in [5, 5.41) is 10.2. The fraction of sp³-hybridized carbons (Fsp3) is 0.636. The van der Waals surface area contributed by atoms with Gasteiger partial charge in [-0.05, 0) is 13.3 Å². The van der Waals surface area contributed by atoms with Crippen LogP contribution in [0.2, 0.25) is 0 Å². The molecule has 5 atom stereocenters. The van der Waals surface area contributed by atoms with Crippen molar-refractivity contribution in [3.05, 3.63) is 32.6 Å². The van der Waals surface area contributed by atoms with Crippen molar-refractivity contribution in [2.24, 2.45) is 0 Å². The molecule has 1 aliphatic rings. The number of phosphoric ester groups is 1. The summed E-state index contributed by atoms with van der Waals surface area (Å²) in [6.07, 6.45) is -1.33. The van der Waals surface area contributed by atoms with E-state index in [-0.39, 0.29) is 18.6 Å². The Kier molecular flexibility index (Phi) is 7.79. The van der Waals surface area contributed by atoms with Crippen molar-refractivity contribution >= 4 is 23.5 Å². The van der Waals surface area contributed by atoms with E-state index < -0.39 is 59.6 Å². The number of aliphatic hydroxyl groups is 1. The van der Waals surface area contributed by atoms with Crippen molar-refractivity contribution in [2.45, 2.75) is 31.6 Å². The molecule has 2 rings (SSSR count). The van der Waals surface area contributed by atoms with Crippen LogP contribution < -0.4 is 11.2 Å². The molecular formula is C11H19N2O14P3. The van der Waals surface area contributed by atoms with Crippen LogP contribution in [-0.2, 0) is 31.6 Å². The van der Waals surface area contributed by atoms with Crippen LogP contribution in [0, 0.1) is 6.92 Å². The van der Waals surface area contributed by atoms with Gasteiger partial charge < -0.3 is 29.4 Å². The number of nitrogens with one attached hydrogen (secondary N) is 1. The average Bonchev–Trinajstić information content (AvgIpc) is 2.53. The molecule has 0 aliphatic carbocycles. The average molecular weight is 496 g/mol. The van der Waals surface area contributed by atoms with Crippen LogP contribution in [0.4, 0.5) is 0 Å². The number of aliphatic hydroxyl groups excluding tert-OH is 1. The summed E-state index contributed by atoms with van der Waals surface area (Å²) in [5.41, 5.74) is -1.04. The number of rotatable bonds is 8. The Labute approximate surface area is 167 Å². The van der Waals surface area contributed by atoms with Gasteiger partial charge in [0.15, 0.2) is 0 Å². The van der Waals surface area contributed by atoms with Gasteiger partial charge in [0.05, 0.1) is 25.4 Å². The van der Waals surface area contributed by atoms with Crippen molar-refractivity contribution < 1.29 is 56.3 Å². The molecule has 0 amide bonds. The third-order valence-corrected chi connectivity index (χ3v) is 7.61. The quantitative estimate of drug-likeness (QED) is 0.234. The summed E-state index contributed by atoms with van der Waals surface area (Å²) in [6.45, 7) is 0.490. The van der Waals surface area contributed by atoms with Crippen LogP contribution in [-0.4, -0.2) is 59.7 Å². The number of aryl methyl sites for hydroxylation is 1. The van der Waals surface area contributed by atoms with Crippen molar-refractivity contribution in [1.82, 2.24) is 9.55 Å². The molecule has 0 saturated carbocycles. The lowest BCUT2D eigenvalue weighted by Gasteiger charge is -2.34. The van der Waals surface area contributed by atoms with Gasteiger partial charge in [0.25, 0.3) is 5.56 Å². The minimum Gasteiger partial charge on any atom is -0.390 e. The van der Waals surface area contributed by atoms with Crippen LogP contribution in [0.1, 0.15) is 18.0 Å². The highest BCUT2D eigenvalue weighted by atomic mass is 31.3. The normalized spacial score (nSPS) is 26.7. The zero-order chi connectivity index (χ0) is 22.9. The highest BCUT2D eigenvalue weighted by molar-refractivity contribution is 7.66. The molecule has 172 valence electrons. The highest BCUT2D eigenvalue weighted by Crippen LogP contribution is 2.66. The minimum atomic E-state index is -5.66. The Morgan fingerprint density at radius 3 is 2.37 bits per heavy atom. The van der Waals surface area contributed by atoms with Gasteiger partial charge in [-0.3, -0.25) is 18.9 Å².